The Morgan fingerprint density at radius 1 is 1.28 bits per heavy atom. The predicted octanol–water partition coefficient (Wildman–Crippen LogP) is 2.64. The summed E-state index contributed by atoms with van der Waals surface area (Å²) in [7, 11) is 4.17. The van der Waals surface area contributed by atoms with Gasteiger partial charge < -0.3 is 0 Å². The summed E-state index contributed by atoms with van der Waals surface area (Å²) in [5.41, 5.74) is 5.51. The van der Waals surface area contributed by atoms with Crippen molar-refractivity contribution in [1.82, 2.24) is 14.7 Å². The molecular weight excluding hydrogens is 222 g/mol. The van der Waals surface area contributed by atoms with E-state index in [9.17, 15) is 0 Å². The number of likely N-dealkylation sites (N-methyl/N-ethyl adjacent to an activating group) is 1. The topological polar surface area (TPSA) is 21.1 Å². The number of aromatic nitrogens is 2. The third kappa shape index (κ3) is 1.75. The van der Waals surface area contributed by atoms with Crippen molar-refractivity contribution in [1.29, 1.82) is 0 Å². The maximum Gasteiger partial charge on any atom is 0.0568 e. The van der Waals surface area contributed by atoms with Crippen LogP contribution >= 0.6 is 0 Å². The highest BCUT2D eigenvalue weighted by atomic mass is 15.2. The standard InChI is InChI=1S/C15H19N3/c1-11-15-12(7-8-17(11)2)5-4-6-14(15)13-9-16-18(3)10-13/h4-6,9-11H,7-8H2,1-3H3. The van der Waals surface area contributed by atoms with Crippen LogP contribution in [-0.2, 0) is 13.5 Å². The molecule has 0 bridgehead atoms. The van der Waals surface area contributed by atoms with Crippen molar-refractivity contribution in [3.63, 3.8) is 0 Å². The van der Waals surface area contributed by atoms with Crippen LogP contribution in [0.1, 0.15) is 24.1 Å². The number of aryl methyl sites for hydroxylation is 1. The van der Waals surface area contributed by atoms with Crippen LogP contribution in [0, 0.1) is 0 Å². The van der Waals surface area contributed by atoms with Gasteiger partial charge in [0.2, 0.25) is 0 Å². The third-order valence-electron chi connectivity index (χ3n) is 4.03. The van der Waals surface area contributed by atoms with Gasteiger partial charge in [0.05, 0.1) is 6.20 Å². The van der Waals surface area contributed by atoms with Crippen LogP contribution in [0.4, 0.5) is 0 Å². The van der Waals surface area contributed by atoms with Gasteiger partial charge in [0.25, 0.3) is 0 Å². The second-order valence-electron chi connectivity index (χ2n) is 5.19. The minimum absolute atomic E-state index is 0.477. The summed E-state index contributed by atoms with van der Waals surface area (Å²) in [6.45, 7) is 3.43. The lowest BCUT2D eigenvalue weighted by molar-refractivity contribution is 0.248. The van der Waals surface area contributed by atoms with Gasteiger partial charge in [0.15, 0.2) is 0 Å². The van der Waals surface area contributed by atoms with E-state index in [0.29, 0.717) is 6.04 Å². The van der Waals surface area contributed by atoms with Gasteiger partial charge in [0.1, 0.15) is 0 Å². The molecular formula is C15H19N3. The lowest BCUT2D eigenvalue weighted by atomic mass is 9.88. The van der Waals surface area contributed by atoms with Crippen LogP contribution in [0.3, 0.4) is 0 Å². The number of hydrogen-bond donors (Lipinski definition) is 0. The quantitative estimate of drug-likeness (QED) is 0.765. The first-order valence-electron chi connectivity index (χ1n) is 6.48. The van der Waals surface area contributed by atoms with E-state index >= 15 is 0 Å². The summed E-state index contributed by atoms with van der Waals surface area (Å²) in [6.07, 6.45) is 5.19. The molecule has 0 saturated heterocycles. The lowest BCUT2D eigenvalue weighted by Crippen LogP contribution is -2.30. The van der Waals surface area contributed by atoms with Gasteiger partial charge in [-0.2, -0.15) is 5.10 Å². The molecule has 0 aliphatic carbocycles. The van der Waals surface area contributed by atoms with Crippen LogP contribution in [-0.4, -0.2) is 28.3 Å². The Labute approximate surface area is 108 Å². The van der Waals surface area contributed by atoms with Crippen molar-refractivity contribution in [2.45, 2.75) is 19.4 Å². The molecule has 0 amide bonds. The molecule has 1 atom stereocenters. The van der Waals surface area contributed by atoms with Gasteiger partial charge in [0, 0.05) is 31.4 Å². The fraction of sp³-hybridized carbons (Fsp3) is 0.400. The summed E-state index contributed by atoms with van der Waals surface area (Å²) in [5, 5.41) is 4.29. The van der Waals surface area contributed by atoms with Crippen LogP contribution in [0.15, 0.2) is 30.6 Å². The molecule has 94 valence electrons. The number of fused-ring (bicyclic) bond motifs is 1. The Hall–Kier alpha value is -1.61. The van der Waals surface area contributed by atoms with Gasteiger partial charge >= 0.3 is 0 Å². The van der Waals surface area contributed by atoms with E-state index < -0.39 is 0 Å². The largest absolute Gasteiger partial charge is 0.299 e. The molecule has 1 aromatic heterocycles. The van der Waals surface area contributed by atoms with Crippen molar-refractivity contribution >= 4 is 0 Å². The van der Waals surface area contributed by atoms with Crippen molar-refractivity contribution in [3.05, 3.63) is 41.7 Å². The Morgan fingerprint density at radius 3 is 2.83 bits per heavy atom. The monoisotopic (exact) mass is 241 g/mol. The molecule has 0 fully saturated rings. The first-order chi connectivity index (χ1) is 8.66. The molecule has 3 nitrogen and oxygen atoms in total. The highest BCUT2D eigenvalue weighted by molar-refractivity contribution is 5.68. The summed E-state index contributed by atoms with van der Waals surface area (Å²) in [4.78, 5) is 2.42. The van der Waals surface area contributed by atoms with E-state index in [0.717, 1.165) is 13.0 Å². The molecule has 0 radical (unpaired) electrons. The Bertz CT molecular complexity index is 571. The van der Waals surface area contributed by atoms with Gasteiger partial charge in [-0.1, -0.05) is 18.2 Å². The van der Waals surface area contributed by atoms with Crippen LogP contribution in [0.2, 0.25) is 0 Å². The zero-order valence-corrected chi connectivity index (χ0v) is 11.2. The first-order valence-corrected chi connectivity index (χ1v) is 6.48. The van der Waals surface area contributed by atoms with Crippen molar-refractivity contribution in [2.24, 2.45) is 7.05 Å². The molecule has 1 aromatic carbocycles. The highest BCUT2D eigenvalue weighted by Crippen LogP contribution is 2.36. The Kier molecular flexibility index (Phi) is 2.71. The summed E-state index contributed by atoms with van der Waals surface area (Å²) < 4.78 is 1.87. The Morgan fingerprint density at radius 2 is 2.11 bits per heavy atom. The van der Waals surface area contributed by atoms with E-state index in [1.54, 1.807) is 0 Å². The van der Waals surface area contributed by atoms with E-state index in [1.807, 2.05) is 17.9 Å². The summed E-state index contributed by atoms with van der Waals surface area (Å²) in [5.74, 6) is 0. The normalized spacial score (nSPS) is 19.8. The van der Waals surface area contributed by atoms with E-state index in [1.165, 1.54) is 22.3 Å². The smallest absolute Gasteiger partial charge is 0.0568 e. The molecule has 0 N–H and O–H groups in total. The zero-order valence-electron chi connectivity index (χ0n) is 11.2. The van der Waals surface area contributed by atoms with E-state index in [-0.39, 0.29) is 0 Å². The highest BCUT2D eigenvalue weighted by Gasteiger charge is 2.24. The molecule has 0 saturated carbocycles. The number of hydrogen-bond acceptors (Lipinski definition) is 2. The molecule has 18 heavy (non-hydrogen) atoms. The molecule has 2 aromatic rings. The Balaban J connectivity index is 2.16. The SMILES string of the molecule is CC1c2c(cccc2-c2cnn(C)c2)CCN1C. The minimum Gasteiger partial charge on any atom is -0.299 e. The molecule has 1 aliphatic heterocycles. The fourth-order valence-corrected chi connectivity index (χ4v) is 2.85. The summed E-state index contributed by atoms with van der Waals surface area (Å²) >= 11 is 0. The zero-order chi connectivity index (χ0) is 12.7. The third-order valence-corrected chi connectivity index (χ3v) is 4.03. The maximum absolute atomic E-state index is 4.29. The average molecular weight is 241 g/mol. The molecule has 3 rings (SSSR count). The number of benzene rings is 1. The second kappa shape index (κ2) is 4.25. The van der Waals surface area contributed by atoms with Gasteiger partial charge in [-0.05, 0) is 37.1 Å². The number of nitrogens with zero attached hydrogens (tertiary/aromatic N) is 3. The van der Waals surface area contributed by atoms with E-state index in [2.05, 4.69) is 48.4 Å². The first kappa shape index (κ1) is 11.5. The molecule has 1 aliphatic rings. The van der Waals surface area contributed by atoms with Gasteiger partial charge in [-0.25, -0.2) is 0 Å². The predicted molar refractivity (Wildman–Crippen MR) is 73.4 cm³/mol. The fourth-order valence-electron chi connectivity index (χ4n) is 2.85. The molecule has 2 heterocycles. The van der Waals surface area contributed by atoms with Crippen LogP contribution < -0.4 is 0 Å². The van der Waals surface area contributed by atoms with Crippen LogP contribution in [0.25, 0.3) is 11.1 Å². The lowest BCUT2D eigenvalue weighted by Gasteiger charge is -2.33. The van der Waals surface area contributed by atoms with Gasteiger partial charge in [-0.3, -0.25) is 9.58 Å². The average Bonchev–Trinajstić information content (AvgIpc) is 2.80. The van der Waals surface area contributed by atoms with E-state index in [4.69, 9.17) is 0 Å². The van der Waals surface area contributed by atoms with Crippen molar-refractivity contribution in [3.8, 4) is 11.1 Å². The van der Waals surface area contributed by atoms with Gasteiger partial charge in [-0.15, -0.1) is 0 Å². The summed E-state index contributed by atoms with van der Waals surface area (Å²) in [6, 6.07) is 7.12. The minimum atomic E-state index is 0.477. The second-order valence-corrected chi connectivity index (χ2v) is 5.19. The molecule has 0 spiro atoms. The van der Waals surface area contributed by atoms with Crippen molar-refractivity contribution in [2.75, 3.05) is 13.6 Å². The van der Waals surface area contributed by atoms with Crippen molar-refractivity contribution < 1.29 is 0 Å². The molecule has 3 heteroatoms. The van der Waals surface area contributed by atoms with Crippen LogP contribution in [0.5, 0.6) is 0 Å². The maximum atomic E-state index is 4.29. The number of rotatable bonds is 1. The molecule has 1 unspecified atom stereocenters.